The topological polar surface area (TPSA) is 76.2 Å². The number of aromatic nitrogens is 2. The van der Waals surface area contributed by atoms with E-state index < -0.39 is 5.97 Å². The zero-order valence-electron chi connectivity index (χ0n) is 8.34. The number of thioether (sulfide) groups is 1. The van der Waals surface area contributed by atoms with Crippen molar-refractivity contribution in [1.29, 1.82) is 0 Å². The van der Waals surface area contributed by atoms with E-state index in [2.05, 4.69) is 10.2 Å². The van der Waals surface area contributed by atoms with Gasteiger partial charge in [0.1, 0.15) is 17.0 Å². The number of nitrogens with zero attached hydrogens (tertiary/aromatic N) is 2. The molecule has 0 amide bonds. The van der Waals surface area contributed by atoms with Gasteiger partial charge >= 0.3 is 5.97 Å². The van der Waals surface area contributed by atoms with Gasteiger partial charge in [-0.05, 0) is 13.0 Å². The summed E-state index contributed by atoms with van der Waals surface area (Å²) in [5.74, 6) is 0.198. The predicted octanol–water partition coefficient (Wildman–Crippen LogP) is 2.43. The van der Waals surface area contributed by atoms with Gasteiger partial charge in [0.25, 0.3) is 0 Å². The summed E-state index contributed by atoms with van der Waals surface area (Å²) in [4.78, 5) is 10.6. The standard InChI is InChI=1S/C9H8N2O3S2/c1-5-10-11-9(16-5)15-4-7-2-6(3-14-7)8(12)13/h2-3H,4H2,1H3,(H,12,13). The Kier molecular flexibility index (Phi) is 3.25. The molecule has 5 nitrogen and oxygen atoms in total. The molecule has 2 heterocycles. The van der Waals surface area contributed by atoms with Crippen LogP contribution in [0.5, 0.6) is 0 Å². The number of hydrogen-bond acceptors (Lipinski definition) is 6. The summed E-state index contributed by atoms with van der Waals surface area (Å²) in [7, 11) is 0. The van der Waals surface area contributed by atoms with Gasteiger partial charge in [-0.25, -0.2) is 4.79 Å². The molecule has 2 aromatic heterocycles. The second-order valence-electron chi connectivity index (χ2n) is 2.98. The lowest BCUT2D eigenvalue weighted by Gasteiger charge is -1.91. The lowest BCUT2D eigenvalue weighted by atomic mass is 10.3. The van der Waals surface area contributed by atoms with E-state index in [1.807, 2.05) is 6.92 Å². The summed E-state index contributed by atoms with van der Waals surface area (Å²) >= 11 is 2.98. The van der Waals surface area contributed by atoms with Crippen molar-refractivity contribution in [2.24, 2.45) is 0 Å². The zero-order chi connectivity index (χ0) is 11.5. The molecule has 0 unspecified atom stereocenters. The highest BCUT2D eigenvalue weighted by Crippen LogP contribution is 2.26. The fourth-order valence-corrected chi connectivity index (χ4v) is 2.74. The fourth-order valence-electron chi connectivity index (χ4n) is 1.04. The van der Waals surface area contributed by atoms with Gasteiger partial charge in [0.2, 0.25) is 0 Å². The van der Waals surface area contributed by atoms with Crippen molar-refractivity contribution in [3.63, 3.8) is 0 Å². The van der Waals surface area contributed by atoms with E-state index in [1.165, 1.54) is 35.4 Å². The van der Waals surface area contributed by atoms with Gasteiger partial charge in [-0.1, -0.05) is 23.1 Å². The molecular weight excluding hydrogens is 248 g/mol. The number of aryl methyl sites for hydroxylation is 1. The maximum Gasteiger partial charge on any atom is 0.338 e. The smallest absolute Gasteiger partial charge is 0.338 e. The molecule has 0 bridgehead atoms. The molecule has 84 valence electrons. The largest absolute Gasteiger partial charge is 0.478 e. The number of aromatic carboxylic acids is 1. The minimum absolute atomic E-state index is 0.170. The SMILES string of the molecule is Cc1nnc(SCc2cc(C(=O)O)co2)s1. The monoisotopic (exact) mass is 256 g/mol. The van der Waals surface area contributed by atoms with Gasteiger partial charge in [0.05, 0.1) is 11.3 Å². The van der Waals surface area contributed by atoms with Crippen molar-refractivity contribution in [3.8, 4) is 0 Å². The third-order valence-corrected chi connectivity index (χ3v) is 3.74. The van der Waals surface area contributed by atoms with Crippen LogP contribution in [0.4, 0.5) is 0 Å². The number of rotatable bonds is 4. The van der Waals surface area contributed by atoms with Crippen molar-refractivity contribution in [2.45, 2.75) is 17.0 Å². The first-order valence-corrected chi connectivity index (χ1v) is 6.19. The van der Waals surface area contributed by atoms with Crippen LogP contribution in [0.1, 0.15) is 21.1 Å². The lowest BCUT2D eigenvalue weighted by molar-refractivity contribution is 0.0696. The van der Waals surface area contributed by atoms with Crippen LogP contribution in [0, 0.1) is 6.92 Å². The molecular formula is C9H8N2O3S2. The van der Waals surface area contributed by atoms with E-state index in [-0.39, 0.29) is 5.56 Å². The Labute approximate surface area is 99.5 Å². The normalized spacial score (nSPS) is 10.6. The molecule has 16 heavy (non-hydrogen) atoms. The number of carboxylic acid groups (broad SMARTS) is 1. The van der Waals surface area contributed by atoms with Crippen LogP contribution in [-0.2, 0) is 5.75 Å². The van der Waals surface area contributed by atoms with Gasteiger partial charge in [0.15, 0.2) is 4.34 Å². The number of carboxylic acids is 1. The zero-order valence-corrected chi connectivity index (χ0v) is 9.97. The Hall–Kier alpha value is -1.34. The van der Waals surface area contributed by atoms with Crippen molar-refractivity contribution in [1.82, 2.24) is 10.2 Å². The van der Waals surface area contributed by atoms with E-state index in [1.54, 1.807) is 0 Å². The molecule has 1 N–H and O–H groups in total. The third kappa shape index (κ3) is 2.61. The van der Waals surface area contributed by atoms with Crippen LogP contribution in [-0.4, -0.2) is 21.3 Å². The minimum Gasteiger partial charge on any atom is -0.478 e. The number of furan rings is 1. The van der Waals surface area contributed by atoms with Crippen LogP contribution in [0.25, 0.3) is 0 Å². The molecule has 0 saturated heterocycles. The molecule has 7 heteroatoms. The highest BCUT2D eigenvalue weighted by molar-refractivity contribution is 8.00. The van der Waals surface area contributed by atoms with Crippen LogP contribution >= 0.6 is 23.1 Å². The molecule has 0 aliphatic rings. The quantitative estimate of drug-likeness (QED) is 0.847. The lowest BCUT2D eigenvalue weighted by Crippen LogP contribution is -1.91. The summed E-state index contributed by atoms with van der Waals surface area (Å²) in [6.45, 7) is 1.89. The Morgan fingerprint density at radius 1 is 1.62 bits per heavy atom. The van der Waals surface area contributed by atoms with Crippen molar-refractivity contribution < 1.29 is 14.3 Å². The van der Waals surface area contributed by atoms with E-state index >= 15 is 0 Å². The summed E-state index contributed by atoms with van der Waals surface area (Å²) < 4.78 is 5.96. The van der Waals surface area contributed by atoms with E-state index in [9.17, 15) is 4.79 Å². The Morgan fingerprint density at radius 3 is 3.00 bits per heavy atom. The predicted molar refractivity (Wildman–Crippen MR) is 59.9 cm³/mol. The highest BCUT2D eigenvalue weighted by Gasteiger charge is 2.09. The van der Waals surface area contributed by atoms with Crippen molar-refractivity contribution in [2.75, 3.05) is 0 Å². The first-order chi connectivity index (χ1) is 7.65. The van der Waals surface area contributed by atoms with E-state index in [0.717, 1.165) is 9.35 Å². The molecule has 0 aliphatic carbocycles. The molecule has 0 saturated carbocycles. The van der Waals surface area contributed by atoms with Crippen LogP contribution in [0.2, 0.25) is 0 Å². The van der Waals surface area contributed by atoms with Gasteiger partial charge in [-0.3, -0.25) is 0 Å². The molecule has 0 radical (unpaired) electrons. The average molecular weight is 256 g/mol. The van der Waals surface area contributed by atoms with Crippen LogP contribution in [0.15, 0.2) is 21.1 Å². The Bertz CT molecular complexity index is 506. The molecule has 0 fully saturated rings. The van der Waals surface area contributed by atoms with Crippen molar-refractivity contribution >= 4 is 29.1 Å². The number of carbonyl (C=O) groups is 1. The molecule has 0 aromatic carbocycles. The maximum absolute atomic E-state index is 10.6. The first-order valence-electron chi connectivity index (χ1n) is 4.39. The van der Waals surface area contributed by atoms with Gasteiger partial charge in [-0.2, -0.15) is 0 Å². The molecule has 0 atom stereocenters. The first kappa shape index (κ1) is 11.2. The molecule has 2 rings (SSSR count). The molecule has 2 aromatic rings. The fraction of sp³-hybridized carbons (Fsp3) is 0.222. The minimum atomic E-state index is -0.980. The van der Waals surface area contributed by atoms with Gasteiger partial charge < -0.3 is 9.52 Å². The second kappa shape index (κ2) is 4.67. The highest BCUT2D eigenvalue weighted by atomic mass is 32.2. The average Bonchev–Trinajstić information content (AvgIpc) is 2.83. The number of hydrogen-bond donors (Lipinski definition) is 1. The summed E-state index contributed by atoms with van der Waals surface area (Å²) in [5.41, 5.74) is 0.170. The van der Waals surface area contributed by atoms with E-state index in [0.29, 0.717) is 11.5 Å². The Balaban J connectivity index is 1.97. The van der Waals surface area contributed by atoms with Gasteiger partial charge in [-0.15, -0.1) is 10.2 Å². The van der Waals surface area contributed by atoms with Gasteiger partial charge in [0, 0.05) is 0 Å². The maximum atomic E-state index is 10.6. The van der Waals surface area contributed by atoms with E-state index in [4.69, 9.17) is 9.52 Å². The summed E-state index contributed by atoms with van der Waals surface area (Å²) in [5, 5.41) is 17.4. The second-order valence-corrected chi connectivity index (χ2v) is 5.39. The van der Waals surface area contributed by atoms with Crippen LogP contribution < -0.4 is 0 Å². The molecule has 0 aliphatic heterocycles. The van der Waals surface area contributed by atoms with Crippen molar-refractivity contribution in [3.05, 3.63) is 28.7 Å². The Morgan fingerprint density at radius 2 is 2.44 bits per heavy atom. The third-order valence-electron chi connectivity index (χ3n) is 1.75. The van der Waals surface area contributed by atoms with Crippen LogP contribution in [0.3, 0.4) is 0 Å². The molecule has 0 spiro atoms. The summed E-state index contributed by atoms with van der Waals surface area (Å²) in [6, 6.07) is 1.52. The summed E-state index contributed by atoms with van der Waals surface area (Å²) in [6.07, 6.45) is 1.24.